The van der Waals surface area contributed by atoms with Crippen molar-refractivity contribution in [3.05, 3.63) is 40.2 Å². The molecule has 0 radical (unpaired) electrons. The lowest BCUT2D eigenvalue weighted by Crippen LogP contribution is -2.29. The number of rotatable bonds is 2. The van der Waals surface area contributed by atoms with Gasteiger partial charge >= 0.3 is 0 Å². The fraction of sp³-hybridized carbons (Fsp3) is 0.0909. The third-order valence-electron chi connectivity index (χ3n) is 2.32. The zero-order valence-electron chi connectivity index (χ0n) is 8.44. The van der Waals surface area contributed by atoms with Crippen LogP contribution in [0.2, 0.25) is 0 Å². The van der Waals surface area contributed by atoms with Crippen LogP contribution in [0.4, 0.5) is 0 Å². The van der Waals surface area contributed by atoms with E-state index in [-0.39, 0.29) is 10.9 Å². The number of carboxylic acid groups (broad SMARTS) is 1. The van der Waals surface area contributed by atoms with Gasteiger partial charge in [0.2, 0.25) is 0 Å². The zero-order valence-corrected chi connectivity index (χ0v) is 8.44. The number of aromatic amines is 1. The first-order valence-electron chi connectivity index (χ1n) is 4.55. The van der Waals surface area contributed by atoms with Gasteiger partial charge in [0, 0.05) is 11.6 Å². The van der Waals surface area contributed by atoms with E-state index >= 15 is 0 Å². The van der Waals surface area contributed by atoms with Crippen LogP contribution in [-0.4, -0.2) is 18.1 Å². The first kappa shape index (κ1) is 10.2. The number of benzene rings is 1. The summed E-state index contributed by atoms with van der Waals surface area (Å²) in [5, 5.41) is 10.9. The summed E-state index contributed by atoms with van der Waals surface area (Å²) in [4.78, 5) is 25.1. The maximum Gasteiger partial charge on any atom is 0.198 e. The number of para-hydroxylation sites is 1. The molecule has 5 heteroatoms. The fourth-order valence-electron chi connectivity index (χ4n) is 1.55. The average Bonchev–Trinajstić information content (AvgIpc) is 2.28. The Morgan fingerprint density at radius 2 is 2.19 bits per heavy atom. The van der Waals surface area contributed by atoms with Crippen LogP contribution in [0.5, 0.6) is 5.75 Å². The number of hydrogen-bond donors (Lipinski definition) is 1. The molecule has 1 aromatic heterocycles. The molecule has 0 atom stereocenters. The molecule has 5 nitrogen and oxygen atoms in total. The number of carbonyl (C=O) groups excluding carboxylic acids is 1. The Balaban J connectivity index is 2.87. The summed E-state index contributed by atoms with van der Waals surface area (Å²) in [5.74, 6) is -1.01. The number of nitrogens with one attached hydrogen (secondary N) is 1. The third kappa shape index (κ3) is 1.42. The number of methoxy groups -OCH3 is 1. The minimum Gasteiger partial charge on any atom is -0.545 e. The van der Waals surface area contributed by atoms with Crippen LogP contribution in [0.15, 0.2) is 29.2 Å². The van der Waals surface area contributed by atoms with E-state index in [9.17, 15) is 14.7 Å². The molecular formula is C11H8NO4-. The predicted molar refractivity (Wildman–Crippen MR) is 55.5 cm³/mol. The second-order valence-corrected chi connectivity index (χ2v) is 3.20. The van der Waals surface area contributed by atoms with Crippen LogP contribution in [0.3, 0.4) is 0 Å². The van der Waals surface area contributed by atoms with E-state index in [1.807, 2.05) is 0 Å². The second kappa shape index (κ2) is 3.69. The van der Waals surface area contributed by atoms with Crippen LogP contribution < -0.4 is 15.3 Å². The number of aromatic carboxylic acids is 1. The Morgan fingerprint density at radius 3 is 2.81 bits per heavy atom. The van der Waals surface area contributed by atoms with Crippen molar-refractivity contribution < 1.29 is 14.6 Å². The number of H-pyrrole nitrogens is 1. The summed E-state index contributed by atoms with van der Waals surface area (Å²) in [7, 11) is 1.47. The van der Waals surface area contributed by atoms with Gasteiger partial charge in [-0.25, -0.2) is 0 Å². The monoisotopic (exact) mass is 218 g/mol. The van der Waals surface area contributed by atoms with E-state index in [2.05, 4.69) is 4.98 Å². The molecule has 0 spiro atoms. The van der Waals surface area contributed by atoms with E-state index in [1.54, 1.807) is 12.1 Å². The number of pyridine rings is 1. The van der Waals surface area contributed by atoms with Crippen molar-refractivity contribution in [3.63, 3.8) is 0 Å². The molecule has 1 heterocycles. The van der Waals surface area contributed by atoms with E-state index in [4.69, 9.17) is 4.74 Å². The normalized spacial score (nSPS) is 10.3. The van der Waals surface area contributed by atoms with Crippen molar-refractivity contribution in [1.29, 1.82) is 0 Å². The summed E-state index contributed by atoms with van der Waals surface area (Å²) in [6.45, 7) is 0. The maximum absolute atomic E-state index is 11.7. The van der Waals surface area contributed by atoms with Gasteiger partial charge in [0.25, 0.3) is 0 Å². The fourth-order valence-corrected chi connectivity index (χ4v) is 1.55. The van der Waals surface area contributed by atoms with Gasteiger partial charge in [-0.3, -0.25) is 4.79 Å². The molecule has 0 saturated heterocycles. The van der Waals surface area contributed by atoms with Crippen LogP contribution in [0.25, 0.3) is 10.9 Å². The molecular weight excluding hydrogens is 210 g/mol. The molecule has 0 fully saturated rings. The minimum atomic E-state index is -1.49. The lowest BCUT2D eigenvalue weighted by Gasteiger charge is -2.07. The molecule has 0 aliphatic heterocycles. The number of carbonyl (C=O) groups is 1. The van der Waals surface area contributed by atoms with Gasteiger partial charge in [-0.1, -0.05) is 6.07 Å². The molecule has 0 amide bonds. The van der Waals surface area contributed by atoms with Gasteiger partial charge in [0.1, 0.15) is 5.75 Å². The summed E-state index contributed by atoms with van der Waals surface area (Å²) >= 11 is 0. The number of fused-ring (bicyclic) bond motifs is 1. The Hall–Kier alpha value is -2.30. The van der Waals surface area contributed by atoms with Gasteiger partial charge in [-0.15, -0.1) is 0 Å². The standard InChI is InChI=1S/C11H9NO4/c1-16-8-4-2-3-6-9(8)12-5-7(10(6)13)11(14)15/h2-5H,1H3,(H,12,13)(H,14,15)/p-1. The Kier molecular flexibility index (Phi) is 2.36. The molecule has 2 rings (SSSR count). The molecule has 1 N–H and O–H groups in total. The van der Waals surface area contributed by atoms with Crippen molar-refractivity contribution in [2.75, 3.05) is 7.11 Å². The van der Waals surface area contributed by atoms with Crippen molar-refractivity contribution in [2.45, 2.75) is 0 Å². The van der Waals surface area contributed by atoms with Gasteiger partial charge in [0.05, 0.1) is 24.2 Å². The predicted octanol–water partition coefficient (Wildman–Crippen LogP) is -0.0998. The molecule has 0 bridgehead atoms. The number of hydrogen-bond acceptors (Lipinski definition) is 4. The van der Waals surface area contributed by atoms with E-state index in [0.717, 1.165) is 6.20 Å². The molecule has 1 aromatic carbocycles. The summed E-state index contributed by atoms with van der Waals surface area (Å²) in [6.07, 6.45) is 1.11. The molecule has 2 aromatic rings. The summed E-state index contributed by atoms with van der Waals surface area (Å²) in [6, 6.07) is 4.83. The Labute approximate surface area is 90.3 Å². The average molecular weight is 218 g/mol. The van der Waals surface area contributed by atoms with Crippen molar-refractivity contribution in [2.24, 2.45) is 0 Å². The van der Waals surface area contributed by atoms with Gasteiger partial charge in [-0.2, -0.15) is 0 Å². The Bertz CT molecular complexity index is 615. The largest absolute Gasteiger partial charge is 0.545 e. The maximum atomic E-state index is 11.7. The minimum absolute atomic E-state index is 0.265. The SMILES string of the molecule is COc1cccc2c(=O)c(C(=O)[O-])c[nH]c12. The number of carboxylic acids is 1. The highest BCUT2D eigenvalue weighted by Gasteiger charge is 2.08. The van der Waals surface area contributed by atoms with Crippen LogP contribution >= 0.6 is 0 Å². The van der Waals surface area contributed by atoms with Gasteiger partial charge < -0.3 is 19.6 Å². The highest BCUT2D eigenvalue weighted by molar-refractivity contribution is 5.92. The highest BCUT2D eigenvalue weighted by atomic mass is 16.5. The molecule has 0 saturated carbocycles. The van der Waals surface area contributed by atoms with Crippen molar-refractivity contribution >= 4 is 16.9 Å². The van der Waals surface area contributed by atoms with Crippen molar-refractivity contribution in [3.8, 4) is 5.75 Å². The summed E-state index contributed by atoms with van der Waals surface area (Å²) < 4.78 is 5.05. The smallest absolute Gasteiger partial charge is 0.198 e. The van der Waals surface area contributed by atoms with Crippen LogP contribution in [0.1, 0.15) is 10.4 Å². The number of aromatic nitrogens is 1. The van der Waals surface area contributed by atoms with E-state index in [1.165, 1.54) is 13.2 Å². The summed E-state index contributed by atoms with van der Waals surface area (Å²) in [5.41, 5.74) is -0.492. The molecule has 82 valence electrons. The molecule has 0 aliphatic rings. The van der Waals surface area contributed by atoms with Gasteiger partial charge in [-0.05, 0) is 12.1 Å². The van der Waals surface area contributed by atoms with Crippen LogP contribution in [0, 0.1) is 0 Å². The highest BCUT2D eigenvalue weighted by Crippen LogP contribution is 2.20. The van der Waals surface area contributed by atoms with E-state index < -0.39 is 11.4 Å². The third-order valence-corrected chi connectivity index (χ3v) is 2.32. The van der Waals surface area contributed by atoms with Crippen LogP contribution in [-0.2, 0) is 0 Å². The quantitative estimate of drug-likeness (QED) is 0.763. The van der Waals surface area contributed by atoms with E-state index in [0.29, 0.717) is 11.3 Å². The molecule has 16 heavy (non-hydrogen) atoms. The first-order valence-corrected chi connectivity index (χ1v) is 4.55. The lowest BCUT2D eigenvalue weighted by molar-refractivity contribution is -0.255. The number of ether oxygens (including phenoxy) is 1. The molecule has 0 aliphatic carbocycles. The Morgan fingerprint density at radius 1 is 1.44 bits per heavy atom. The lowest BCUT2D eigenvalue weighted by atomic mass is 10.1. The second-order valence-electron chi connectivity index (χ2n) is 3.20. The molecule has 0 unspecified atom stereocenters. The van der Waals surface area contributed by atoms with Crippen molar-refractivity contribution in [1.82, 2.24) is 4.98 Å². The topological polar surface area (TPSA) is 82.2 Å². The zero-order chi connectivity index (χ0) is 11.7. The first-order chi connectivity index (χ1) is 7.65. The van der Waals surface area contributed by atoms with Gasteiger partial charge in [0.15, 0.2) is 5.43 Å².